The third kappa shape index (κ3) is 9.40. The first-order valence-corrected chi connectivity index (χ1v) is 19.8. The zero-order valence-corrected chi connectivity index (χ0v) is 30.3. The fraction of sp³-hybridized carbons (Fsp3) is 0.676. The van der Waals surface area contributed by atoms with Gasteiger partial charge in [-0.1, -0.05) is 52.4 Å². The molecule has 286 valence electrons. The minimum absolute atomic E-state index is 0.0194. The molecule has 0 unspecified atom stereocenters. The van der Waals surface area contributed by atoms with Gasteiger partial charge in [-0.15, -0.1) is 0 Å². The van der Waals surface area contributed by atoms with E-state index in [2.05, 4.69) is 20.9 Å². The van der Waals surface area contributed by atoms with Crippen LogP contribution in [0.3, 0.4) is 0 Å². The first-order chi connectivity index (χ1) is 24.3. The summed E-state index contributed by atoms with van der Waals surface area (Å²) >= 11 is 0. The third-order valence-corrected chi connectivity index (χ3v) is 11.5. The molecule has 8 nitrogen and oxygen atoms in total. The molecule has 1 N–H and O–H groups in total. The zero-order valence-electron chi connectivity index (χ0n) is 29.5. The molecule has 2 aromatic carbocycles. The number of rotatable bonds is 10. The molecular formula is C37H51F5N2O6S. The maximum atomic E-state index is 14.2. The van der Waals surface area contributed by atoms with Gasteiger partial charge >= 0.3 is 15.6 Å². The van der Waals surface area contributed by atoms with Crippen molar-refractivity contribution in [3.63, 3.8) is 0 Å². The number of aromatic hydroxyl groups is 1. The Kier molecular flexibility index (Phi) is 13.4. The molecule has 4 aliphatic rings. The van der Waals surface area contributed by atoms with Gasteiger partial charge in [0.15, 0.2) is 23.1 Å². The molecule has 2 saturated carbocycles. The zero-order chi connectivity index (χ0) is 36.8. The van der Waals surface area contributed by atoms with Crippen molar-refractivity contribution in [1.29, 1.82) is 0 Å². The molecule has 6 rings (SSSR count). The van der Waals surface area contributed by atoms with E-state index in [9.17, 15) is 35.5 Å². The van der Waals surface area contributed by atoms with Crippen molar-refractivity contribution in [3.05, 3.63) is 47.0 Å². The van der Waals surface area contributed by atoms with E-state index in [4.69, 9.17) is 9.47 Å². The highest BCUT2D eigenvalue weighted by Gasteiger charge is 2.49. The normalized spacial score (nSPS) is 21.6. The van der Waals surface area contributed by atoms with E-state index in [1.165, 1.54) is 50.7 Å². The van der Waals surface area contributed by atoms with E-state index in [1.807, 2.05) is 6.92 Å². The third-order valence-electron chi connectivity index (χ3n) is 10.5. The van der Waals surface area contributed by atoms with Crippen LogP contribution in [0.1, 0.15) is 102 Å². The Labute approximate surface area is 298 Å². The van der Waals surface area contributed by atoms with Crippen molar-refractivity contribution < 1.29 is 49.1 Å². The SMILES string of the molecule is CCCN(C1CCCCC1)[C@H]1COc2c(F)ccc(O)c2C1.CCCN(C1CCCCC1)[C@H]1COc2c(F)ccc(OS(=O)(=O)C(F)(F)F)c2C1. The Hall–Kier alpha value is -2.84. The topological polar surface area (TPSA) is 88.5 Å². The summed E-state index contributed by atoms with van der Waals surface area (Å²) in [4.78, 5) is 4.82. The summed E-state index contributed by atoms with van der Waals surface area (Å²) in [5.41, 5.74) is -4.92. The van der Waals surface area contributed by atoms with Crippen LogP contribution in [0.2, 0.25) is 0 Å². The molecule has 0 saturated heterocycles. The van der Waals surface area contributed by atoms with E-state index in [0.29, 0.717) is 30.7 Å². The smallest absolute Gasteiger partial charge is 0.508 e. The second kappa shape index (κ2) is 17.3. The molecule has 2 fully saturated rings. The number of hydrogen-bond acceptors (Lipinski definition) is 8. The first kappa shape index (κ1) is 39.4. The van der Waals surface area contributed by atoms with E-state index >= 15 is 0 Å². The van der Waals surface area contributed by atoms with Crippen molar-refractivity contribution >= 4 is 10.1 Å². The average molecular weight is 747 g/mol. The number of benzene rings is 2. The predicted molar refractivity (Wildman–Crippen MR) is 184 cm³/mol. The van der Waals surface area contributed by atoms with Crippen molar-refractivity contribution in [2.24, 2.45) is 0 Å². The van der Waals surface area contributed by atoms with Crippen molar-refractivity contribution in [1.82, 2.24) is 9.80 Å². The molecule has 2 aliphatic carbocycles. The standard InChI is InChI=1S/C19H25F4NO4S.C18H26FNO2/c1-2-10-24(13-6-4-3-5-7-13)14-11-15-17(28-29(25,26)19(21,22)23)9-8-16(20)18(15)27-12-14;1-2-10-20(13-6-4-3-5-7-13)14-11-15-17(21)9-8-16(19)18(15)22-12-14/h8-9,13-14H,2-7,10-12H2,1H3;8-9,13-14,21H,2-7,10-12H2,1H3/t2*14-/m11/s1. The predicted octanol–water partition coefficient (Wildman–Crippen LogP) is 8.28. The highest BCUT2D eigenvalue weighted by Crippen LogP contribution is 2.40. The van der Waals surface area contributed by atoms with Crippen molar-refractivity contribution in [3.8, 4) is 23.0 Å². The number of fused-ring (bicyclic) bond motifs is 2. The van der Waals surface area contributed by atoms with Crippen LogP contribution in [0.15, 0.2) is 24.3 Å². The Morgan fingerprint density at radius 3 is 1.65 bits per heavy atom. The van der Waals surface area contributed by atoms with E-state index < -0.39 is 27.2 Å². The fourth-order valence-electron chi connectivity index (χ4n) is 8.16. The highest BCUT2D eigenvalue weighted by molar-refractivity contribution is 7.88. The number of nitrogens with zero attached hydrogens (tertiary/aromatic N) is 2. The molecule has 0 amide bonds. The van der Waals surface area contributed by atoms with Crippen LogP contribution in [-0.2, 0) is 23.0 Å². The number of halogens is 5. The first-order valence-electron chi connectivity index (χ1n) is 18.4. The van der Waals surface area contributed by atoms with Gasteiger partial charge in [0.2, 0.25) is 0 Å². The van der Waals surface area contributed by atoms with E-state index in [0.717, 1.165) is 63.7 Å². The lowest BCUT2D eigenvalue weighted by atomic mass is 9.91. The second-order valence-electron chi connectivity index (χ2n) is 14.1. The fourth-order valence-corrected chi connectivity index (χ4v) is 8.65. The van der Waals surface area contributed by atoms with Crippen LogP contribution in [0, 0.1) is 11.6 Å². The Morgan fingerprint density at radius 2 is 1.18 bits per heavy atom. The molecule has 0 spiro atoms. The van der Waals surface area contributed by atoms with Crippen LogP contribution in [0.4, 0.5) is 22.0 Å². The molecule has 51 heavy (non-hydrogen) atoms. The maximum Gasteiger partial charge on any atom is 0.534 e. The van der Waals surface area contributed by atoms with Gasteiger partial charge in [0.25, 0.3) is 0 Å². The minimum atomic E-state index is -5.86. The molecule has 2 atom stereocenters. The molecule has 0 radical (unpaired) electrons. The van der Waals surface area contributed by atoms with E-state index in [1.54, 1.807) is 0 Å². The number of ether oxygens (including phenoxy) is 2. The summed E-state index contributed by atoms with van der Waals surface area (Å²) in [7, 11) is -5.86. The van der Waals surface area contributed by atoms with E-state index in [-0.39, 0.29) is 53.7 Å². The summed E-state index contributed by atoms with van der Waals surface area (Å²) in [6.07, 6.45) is 14.7. The van der Waals surface area contributed by atoms with Gasteiger partial charge < -0.3 is 18.8 Å². The summed E-state index contributed by atoms with van der Waals surface area (Å²) in [5.74, 6) is -1.50. The van der Waals surface area contributed by atoms with Gasteiger partial charge in [-0.05, 0) is 88.7 Å². The van der Waals surface area contributed by atoms with Crippen LogP contribution >= 0.6 is 0 Å². The molecule has 2 aromatic rings. The Bertz CT molecular complexity index is 1560. The Morgan fingerprint density at radius 1 is 0.725 bits per heavy atom. The van der Waals surface area contributed by atoms with Crippen molar-refractivity contribution in [2.75, 3.05) is 26.3 Å². The lowest BCUT2D eigenvalue weighted by molar-refractivity contribution is -0.0500. The largest absolute Gasteiger partial charge is 0.534 e. The summed E-state index contributed by atoms with van der Waals surface area (Å²) < 4.78 is 105. The molecule has 0 bridgehead atoms. The van der Waals surface area contributed by atoms with Gasteiger partial charge in [0, 0.05) is 35.3 Å². The highest BCUT2D eigenvalue weighted by atomic mass is 32.2. The minimum Gasteiger partial charge on any atom is -0.508 e. The lowest BCUT2D eigenvalue weighted by Crippen LogP contribution is -2.49. The van der Waals surface area contributed by atoms with Gasteiger partial charge in [0.05, 0.1) is 0 Å². The summed E-state index contributed by atoms with van der Waals surface area (Å²) in [6.45, 7) is 6.77. The van der Waals surface area contributed by atoms with Crippen LogP contribution < -0.4 is 13.7 Å². The lowest BCUT2D eigenvalue weighted by Gasteiger charge is -2.41. The summed E-state index contributed by atoms with van der Waals surface area (Å²) in [6, 6.07) is 5.46. The van der Waals surface area contributed by atoms with Crippen molar-refractivity contribution in [2.45, 2.75) is 133 Å². The monoisotopic (exact) mass is 746 g/mol. The molecule has 14 heteroatoms. The summed E-state index contributed by atoms with van der Waals surface area (Å²) in [5, 5.41) is 10.1. The number of phenols is 1. The average Bonchev–Trinajstić information content (AvgIpc) is 3.12. The number of alkyl halides is 3. The quantitative estimate of drug-likeness (QED) is 0.148. The molecular weight excluding hydrogens is 695 g/mol. The maximum absolute atomic E-state index is 14.2. The Balaban J connectivity index is 0.000000205. The molecule has 2 heterocycles. The second-order valence-corrected chi connectivity index (χ2v) is 15.6. The van der Waals surface area contributed by atoms with Crippen LogP contribution in [-0.4, -0.2) is 79.3 Å². The molecule has 0 aromatic heterocycles. The van der Waals surface area contributed by atoms with Gasteiger partial charge in [0.1, 0.15) is 24.7 Å². The van der Waals surface area contributed by atoms with Gasteiger partial charge in [-0.25, -0.2) is 8.78 Å². The van der Waals surface area contributed by atoms with Gasteiger partial charge in [-0.3, -0.25) is 9.80 Å². The number of hydrogen-bond donors (Lipinski definition) is 1. The molecule has 2 aliphatic heterocycles. The van der Waals surface area contributed by atoms with Crippen LogP contribution in [0.25, 0.3) is 0 Å². The van der Waals surface area contributed by atoms with Gasteiger partial charge in [-0.2, -0.15) is 21.6 Å². The van der Waals surface area contributed by atoms with Crippen LogP contribution in [0.5, 0.6) is 23.0 Å². The number of phenolic OH excluding ortho intramolecular Hbond substituents is 1.